The van der Waals surface area contributed by atoms with E-state index in [1.807, 2.05) is 29.8 Å². The molecule has 4 amide bonds. The lowest BCUT2D eigenvalue weighted by Crippen LogP contribution is -2.56. The molecule has 4 aliphatic heterocycles. The molecule has 7 rings (SSSR count). The van der Waals surface area contributed by atoms with Crippen LogP contribution in [0.15, 0.2) is 76.4 Å². The van der Waals surface area contributed by atoms with Crippen molar-refractivity contribution >= 4 is 40.9 Å². The Morgan fingerprint density at radius 1 is 0.678 bits per heavy atom. The molecule has 2 aromatic rings. The SMILES string of the molecule is COC(=O)N[C@H](C(=O)N1CCCC[C@H]1C1=NC=C(c2ccc(-c3ccc(C4=C5COCC5=C([C@@H]5CCCN5C(=O)[C@@H](NC(=O)OC)[C@@H](C)OC)C4)cc3)cc2)C1)C(C)C. The quantitative estimate of drug-likeness (QED) is 0.246. The molecule has 59 heavy (non-hydrogen) atoms. The molecule has 0 aromatic heterocycles. The fraction of sp³-hybridized carbons (Fsp3) is 0.500. The first-order valence-electron chi connectivity index (χ1n) is 20.8. The minimum absolute atomic E-state index is 0.0800. The summed E-state index contributed by atoms with van der Waals surface area (Å²) in [6, 6.07) is 15.5. The zero-order valence-electron chi connectivity index (χ0n) is 35.0. The van der Waals surface area contributed by atoms with E-state index in [0.29, 0.717) is 32.7 Å². The Labute approximate surface area is 346 Å². The first-order chi connectivity index (χ1) is 28.5. The fourth-order valence-electron chi connectivity index (χ4n) is 9.25. The molecule has 2 aromatic carbocycles. The second kappa shape index (κ2) is 18.3. The lowest BCUT2D eigenvalue weighted by molar-refractivity contribution is -0.137. The maximum atomic E-state index is 13.9. The van der Waals surface area contributed by atoms with Gasteiger partial charge in [0.2, 0.25) is 11.8 Å². The van der Waals surface area contributed by atoms with Crippen molar-refractivity contribution in [2.24, 2.45) is 10.9 Å². The number of aliphatic imine (C=N–C) groups is 1. The number of ether oxygens (including phenoxy) is 4. The minimum Gasteiger partial charge on any atom is -0.453 e. The molecule has 0 bridgehead atoms. The number of allylic oxidation sites excluding steroid dienone is 2. The van der Waals surface area contributed by atoms with E-state index in [9.17, 15) is 19.2 Å². The van der Waals surface area contributed by atoms with Crippen LogP contribution in [0.5, 0.6) is 0 Å². The van der Waals surface area contributed by atoms with E-state index >= 15 is 0 Å². The first-order valence-corrected chi connectivity index (χ1v) is 20.8. The average molecular weight is 808 g/mol. The van der Waals surface area contributed by atoms with E-state index in [-0.39, 0.29) is 29.8 Å². The van der Waals surface area contributed by atoms with Gasteiger partial charge in [0.25, 0.3) is 0 Å². The highest BCUT2D eigenvalue weighted by Crippen LogP contribution is 2.46. The summed E-state index contributed by atoms with van der Waals surface area (Å²) in [6.07, 6.45) is 6.06. The summed E-state index contributed by atoms with van der Waals surface area (Å²) in [4.78, 5) is 60.6. The molecule has 0 saturated carbocycles. The van der Waals surface area contributed by atoms with Gasteiger partial charge in [0.15, 0.2) is 0 Å². The maximum Gasteiger partial charge on any atom is 0.407 e. The third-order valence-corrected chi connectivity index (χ3v) is 12.6. The van der Waals surface area contributed by atoms with Gasteiger partial charge >= 0.3 is 12.2 Å². The number of fused-ring (bicyclic) bond motifs is 1. The molecule has 13 heteroatoms. The number of likely N-dealkylation sites (tertiary alicyclic amines) is 2. The number of amides is 4. The monoisotopic (exact) mass is 807 g/mol. The third kappa shape index (κ3) is 8.72. The van der Waals surface area contributed by atoms with Gasteiger partial charge in [-0.1, -0.05) is 62.4 Å². The Bertz CT molecular complexity index is 2050. The molecule has 2 N–H and O–H groups in total. The summed E-state index contributed by atoms with van der Waals surface area (Å²) in [5.41, 5.74) is 11.4. The number of benzene rings is 2. The van der Waals surface area contributed by atoms with Gasteiger partial charge in [-0.3, -0.25) is 14.6 Å². The number of rotatable bonds is 12. The number of hydrogen-bond acceptors (Lipinski definition) is 9. The third-order valence-electron chi connectivity index (χ3n) is 12.6. The van der Waals surface area contributed by atoms with Crippen LogP contribution in [0.3, 0.4) is 0 Å². The van der Waals surface area contributed by atoms with Crippen LogP contribution < -0.4 is 10.6 Å². The standard InChI is InChI=1S/C46H57N5O8/c1-27(2)41(48-45(54)57-5)43(52)51-20-8-7-10-40(51)38-22-33(24-47-38)31-14-12-29(13-15-31)30-16-18-32(19-17-30)34-23-35(37-26-59-25-36(34)37)39-11-9-21-50(39)44(53)42(28(3)56-4)49-46(55)58-6/h12-19,24,27-28,39-42H,7-11,20-23,25-26H2,1-6H3,(H,48,54)(H,49,55)/t28-,39+,40+,41+,42+/m1/s1. The lowest BCUT2D eigenvalue weighted by Gasteiger charge is -2.39. The van der Waals surface area contributed by atoms with Crippen molar-refractivity contribution in [3.8, 4) is 11.1 Å². The number of methoxy groups -OCH3 is 3. The molecule has 5 aliphatic rings. The Balaban J connectivity index is 1.00. The highest BCUT2D eigenvalue weighted by atomic mass is 16.5. The van der Waals surface area contributed by atoms with Crippen LogP contribution >= 0.6 is 0 Å². The van der Waals surface area contributed by atoms with Crippen molar-refractivity contribution in [1.82, 2.24) is 20.4 Å². The number of piperidine rings is 1. The normalized spacial score (nSPS) is 21.9. The predicted octanol–water partition coefficient (Wildman–Crippen LogP) is 6.54. The van der Waals surface area contributed by atoms with Crippen molar-refractivity contribution in [3.05, 3.63) is 82.6 Å². The van der Waals surface area contributed by atoms with Gasteiger partial charge in [0.1, 0.15) is 12.1 Å². The summed E-state index contributed by atoms with van der Waals surface area (Å²) in [6.45, 7) is 7.95. The van der Waals surface area contributed by atoms with Gasteiger partial charge in [0.05, 0.1) is 45.6 Å². The molecule has 3 saturated heterocycles. The molecule has 5 atom stereocenters. The van der Waals surface area contributed by atoms with E-state index < -0.39 is 30.4 Å². The van der Waals surface area contributed by atoms with E-state index in [1.54, 1.807) is 6.92 Å². The summed E-state index contributed by atoms with van der Waals surface area (Å²) in [5.74, 6) is -0.352. The first kappa shape index (κ1) is 41.9. The van der Waals surface area contributed by atoms with Gasteiger partial charge in [-0.05, 0) is 101 Å². The summed E-state index contributed by atoms with van der Waals surface area (Å²) in [5, 5.41) is 5.43. The lowest BCUT2D eigenvalue weighted by atomic mass is 9.91. The second-order valence-corrected chi connectivity index (χ2v) is 16.4. The summed E-state index contributed by atoms with van der Waals surface area (Å²) < 4.78 is 21.1. The van der Waals surface area contributed by atoms with Crippen LogP contribution in [0.4, 0.5) is 9.59 Å². The highest BCUT2D eigenvalue weighted by Gasteiger charge is 2.42. The molecule has 13 nitrogen and oxygen atoms in total. The zero-order chi connectivity index (χ0) is 41.8. The topological polar surface area (TPSA) is 148 Å². The molecular formula is C46H57N5O8. The Morgan fingerprint density at radius 2 is 1.24 bits per heavy atom. The fourth-order valence-corrected chi connectivity index (χ4v) is 9.25. The van der Waals surface area contributed by atoms with E-state index in [4.69, 9.17) is 23.9 Å². The smallest absolute Gasteiger partial charge is 0.407 e. The number of nitrogens with zero attached hydrogens (tertiary/aromatic N) is 3. The molecule has 0 unspecified atom stereocenters. The minimum atomic E-state index is -0.860. The van der Waals surface area contributed by atoms with Gasteiger partial charge in [-0.2, -0.15) is 0 Å². The number of hydrogen-bond donors (Lipinski definition) is 2. The molecular weight excluding hydrogens is 751 g/mol. The van der Waals surface area contributed by atoms with Crippen molar-refractivity contribution in [3.63, 3.8) is 0 Å². The van der Waals surface area contributed by atoms with Crippen molar-refractivity contribution in [2.75, 3.05) is 47.6 Å². The van der Waals surface area contributed by atoms with Gasteiger partial charge in [-0.15, -0.1) is 0 Å². The van der Waals surface area contributed by atoms with Crippen molar-refractivity contribution < 1.29 is 38.1 Å². The van der Waals surface area contributed by atoms with Crippen LogP contribution in [-0.2, 0) is 28.5 Å². The van der Waals surface area contributed by atoms with Crippen molar-refractivity contribution in [1.29, 1.82) is 0 Å². The predicted molar refractivity (Wildman–Crippen MR) is 225 cm³/mol. The Kier molecular flexibility index (Phi) is 13.0. The average Bonchev–Trinajstić information content (AvgIpc) is 4.10. The number of alkyl carbamates (subject to hydrolysis) is 2. The van der Waals surface area contributed by atoms with Crippen LogP contribution in [0.25, 0.3) is 22.3 Å². The highest BCUT2D eigenvalue weighted by molar-refractivity contribution is 6.03. The van der Waals surface area contributed by atoms with E-state index in [1.165, 1.54) is 43.6 Å². The molecule has 4 heterocycles. The molecule has 3 fully saturated rings. The van der Waals surface area contributed by atoms with Gasteiger partial charge < -0.3 is 39.4 Å². The zero-order valence-corrected chi connectivity index (χ0v) is 35.0. The van der Waals surface area contributed by atoms with Crippen LogP contribution in [0, 0.1) is 5.92 Å². The Hall–Kier alpha value is -5.27. The van der Waals surface area contributed by atoms with Crippen LogP contribution in [0.2, 0.25) is 0 Å². The van der Waals surface area contributed by atoms with Crippen molar-refractivity contribution in [2.45, 2.75) is 96.0 Å². The van der Waals surface area contributed by atoms with Gasteiger partial charge in [0, 0.05) is 38.5 Å². The van der Waals surface area contributed by atoms with E-state index in [2.05, 4.69) is 59.2 Å². The molecule has 0 radical (unpaired) electrons. The number of nitrogens with one attached hydrogen (secondary N) is 2. The number of carbonyl (C=O) groups excluding carboxylic acids is 4. The second-order valence-electron chi connectivity index (χ2n) is 16.4. The summed E-state index contributed by atoms with van der Waals surface area (Å²) >= 11 is 0. The van der Waals surface area contributed by atoms with Crippen LogP contribution in [0.1, 0.15) is 76.8 Å². The summed E-state index contributed by atoms with van der Waals surface area (Å²) in [7, 11) is 4.12. The molecule has 1 aliphatic carbocycles. The van der Waals surface area contributed by atoms with E-state index in [0.717, 1.165) is 72.1 Å². The van der Waals surface area contributed by atoms with Crippen LogP contribution in [-0.4, -0.2) is 117 Å². The number of carbonyl (C=O) groups is 4. The molecule has 314 valence electrons. The van der Waals surface area contributed by atoms with Gasteiger partial charge in [-0.25, -0.2) is 9.59 Å². The molecule has 0 spiro atoms. The Morgan fingerprint density at radius 3 is 1.88 bits per heavy atom. The largest absolute Gasteiger partial charge is 0.453 e. The maximum absolute atomic E-state index is 13.9.